The van der Waals surface area contributed by atoms with E-state index in [-0.39, 0.29) is 0 Å². The molecule has 0 amide bonds. The highest BCUT2D eigenvalue weighted by Crippen LogP contribution is 2.29. The number of aromatic nitrogens is 2. The highest BCUT2D eigenvalue weighted by atomic mass is 79.9. The van der Waals surface area contributed by atoms with E-state index in [2.05, 4.69) is 31.2 Å². The molecule has 2 aromatic rings. The molecule has 0 aliphatic rings. The largest absolute Gasteiger partial charge is 0.469 e. The van der Waals surface area contributed by atoms with Crippen LogP contribution in [0.1, 0.15) is 11.5 Å². The van der Waals surface area contributed by atoms with Gasteiger partial charge in [0, 0.05) is 14.2 Å². The molecular formula is C12H14BrN3O2. The van der Waals surface area contributed by atoms with E-state index in [4.69, 9.17) is 9.15 Å². The third-order valence-electron chi connectivity index (χ3n) is 2.54. The zero-order chi connectivity index (χ0) is 13.1. The number of furan rings is 1. The lowest BCUT2D eigenvalue weighted by molar-refractivity contribution is 0.181. The highest BCUT2D eigenvalue weighted by Gasteiger charge is 2.15. The number of anilines is 1. The summed E-state index contributed by atoms with van der Waals surface area (Å²) in [5, 5.41) is 3.03. The molecule has 6 heteroatoms. The summed E-state index contributed by atoms with van der Waals surface area (Å²) in [5.74, 6) is 2.15. The van der Waals surface area contributed by atoms with E-state index in [1.165, 1.54) is 0 Å². The number of ether oxygens (including phenoxy) is 1. The minimum absolute atomic E-state index is 0.418. The first kappa shape index (κ1) is 13.0. The van der Waals surface area contributed by atoms with Crippen LogP contribution in [-0.2, 0) is 11.3 Å². The van der Waals surface area contributed by atoms with Crippen LogP contribution in [-0.4, -0.2) is 24.1 Å². The molecule has 5 nitrogen and oxygen atoms in total. The van der Waals surface area contributed by atoms with E-state index < -0.39 is 0 Å². The number of rotatable bonds is 4. The summed E-state index contributed by atoms with van der Waals surface area (Å²) in [6, 6.07) is 1.86. The van der Waals surface area contributed by atoms with Crippen LogP contribution in [0.25, 0.3) is 11.4 Å². The summed E-state index contributed by atoms with van der Waals surface area (Å²) in [6.45, 7) is 2.30. The van der Waals surface area contributed by atoms with Crippen LogP contribution >= 0.6 is 15.9 Å². The molecule has 0 bridgehead atoms. The number of hydrogen-bond donors (Lipinski definition) is 1. The second-order valence-electron chi connectivity index (χ2n) is 3.73. The fourth-order valence-electron chi connectivity index (χ4n) is 1.63. The predicted molar refractivity (Wildman–Crippen MR) is 72.4 cm³/mol. The molecule has 0 spiro atoms. The Morgan fingerprint density at radius 1 is 1.44 bits per heavy atom. The molecular weight excluding hydrogens is 298 g/mol. The molecule has 0 saturated heterocycles. The first-order valence-corrected chi connectivity index (χ1v) is 6.24. The highest BCUT2D eigenvalue weighted by molar-refractivity contribution is 9.10. The number of halogens is 1. The third-order valence-corrected chi connectivity index (χ3v) is 3.37. The third kappa shape index (κ3) is 2.39. The lowest BCUT2D eigenvalue weighted by Gasteiger charge is -2.10. The minimum Gasteiger partial charge on any atom is -0.469 e. The van der Waals surface area contributed by atoms with Gasteiger partial charge in [0.2, 0.25) is 0 Å². The Bertz CT molecular complexity index is 554. The average molecular weight is 312 g/mol. The second-order valence-corrected chi connectivity index (χ2v) is 4.52. The van der Waals surface area contributed by atoms with Gasteiger partial charge in [0.25, 0.3) is 0 Å². The topological polar surface area (TPSA) is 60.2 Å². The summed E-state index contributed by atoms with van der Waals surface area (Å²) in [7, 11) is 3.45. The number of nitrogens with one attached hydrogen (secondary N) is 1. The molecule has 2 aromatic heterocycles. The van der Waals surface area contributed by atoms with Gasteiger partial charge < -0.3 is 14.5 Å². The van der Waals surface area contributed by atoms with Gasteiger partial charge in [-0.1, -0.05) is 0 Å². The first-order valence-electron chi connectivity index (χ1n) is 5.45. The van der Waals surface area contributed by atoms with E-state index >= 15 is 0 Å². The van der Waals surface area contributed by atoms with Gasteiger partial charge in [0.15, 0.2) is 5.82 Å². The molecule has 2 heterocycles. The quantitative estimate of drug-likeness (QED) is 0.940. The minimum atomic E-state index is 0.418. The maximum Gasteiger partial charge on any atom is 0.165 e. The van der Waals surface area contributed by atoms with Crippen molar-refractivity contribution >= 4 is 21.7 Å². The SMILES string of the molecule is CNc1nc(-c2ccoc2C)nc(COC)c1Br. The van der Waals surface area contributed by atoms with E-state index in [1.54, 1.807) is 13.4 Å². The lowest BCUT2D eigenvalue weighted by atomic mass is 10.2. The van der Waals surface area contributed by atoms with Crippen LogP contribution in [0.15, 0.2) is 21.2 Å². The zero-order valence-electron chi connectivity index (χ0n) is 10.5. The summed E-state index contributed by atoms with van der Waals surface area (Å²) in [4.78, 5) is 8.94. The molecule has 0 aliphatic carbocycles. The van der Waals surface area contributed by atoms with Crippen molar-refractivity contribution in [3.05, 3.63) is 28.3 Å². The van der Waals surface area contributed by atoms with Crippen molar-refractivity contribution in [3.8, 4) is 11.4 Å². The van der Waals surface area contributed by atoms with E-state index in [0.717, 1.165) is 27.3 Å². The Morgan fingerprint density at radius 3 is 2.78 bits per heavy atom. The van der Waals surface area contributed by atoms with Crippen molar-refractivity contribution < 1.29 is 9.15 Å². The fourth-order valence-corrected chi connectivity index (χ4v) is 2.12. The number of aryl methyl sites for hydroxylation is 1. The van der Waals surface area contributed by atoms with Crippen LogP contribution in [0.4, 0.5) is 5.82 Å². The summed E-state index contributed by atoms with van der Waals surface area (Å²) in [6.07, 6.45) is 1.63. The van der Waals surface area contributed by atoms with Crippen molar-refractivity contribution in [3.63, 3.8) is 0 Å². The van der Waals surface area contributed by atoms with Crippen LogP contribution in [0.2, 0.25) is 0 Å². The van der Waals surface area contributed by atoms with Gasteiger partial charge in [-0.05, 0) is 28.9 Å². The predicted octanol–water partition coefficient (Wildman–Crippen LogP) is 3.00. The van der Waals surface area contributed by atoms with Gasteiger partial charge in [0.1, 0.15) is 11.6 Å². The van der Waals surface area contributed by atoms with Crippen molar-refractivity contribution in [2.24, 2.45) is 0 Å². The summed E-state index contributed by atoms with van der Waals surface area (Å²) < 4.78 is 11.2. The van der Waals surface area contributed by atoms with Crippen LogP contribution in [0, 0.1) is 6.92 Å². The van der Waals surface area contributed by atoms with Gasteiger partial charge in [-0.15, -0.1) is 0 Å². The van der Waals surface area contributed by atoms with Gasteiger partial charge in [-0.3, -0.25) is 0 Å². The molecule has 96 valence electrons. The Balaban J connectivity index is 2.55. The average Bonchev–Trinajstić information content (AvgIpc) is 2.78. The van der Waals surface area contributed by atoms with Crippen LogP contribution < -0.4 is 5.32 Å². The standard InChI is InChI=1S/C12H14BrN3O2/c1-7-8(4-5-18-7)11-15-9(6-17-3)10(13)12(14-2)16-11/h4-5H,6H2,1-3H3,(H,14,15,16). The molecule has 0 fully saturated rings. The molecule has 0 aliphatic heterocycles. The number of nitrogens with zero attached hydrogens (tertiary/aromatic N) is 2. The Kier molecular flexibility index (Phi) is 3.98. The lowest BCUT2D eigenvalue weighted by Crippen LogP contribution is -2.04. The fraction of sp³-hybridized carbons (Fsp3) is 0.333. The molecule has 2 rings (SSSR count). The van der Waals surface area contributed by atoms with Crippen molar-refractivity contribution in [1.29, 1.82) is 0 Å². The maximum atomic E-state index is 5.28. The van der Waals surface area contributed by atoms with E-state index in [0.29, 0.717) is 12.4 Å². The molecule has 18 heavy (non-hydrogen) atoms. The number of hydrogen-bond acceptors (Lipinski definition) is 5. The molecule has 0 unspecified atom stereocenters. The zero-order valence-corrected chi connectivity index (χ0v) is 12.0. The van der Waals surface area contributed by atoms with Crippen molar-refractivity contribution in [2.45, 2.75) is 13.5 Å². The maximum absolute atomic E-state index is 5.28. The Morgan fingerprint density at radius 2 is 2.22 bits per heavy atom. The van der Waals surface area contributed by atoms with Gasteiger partial charge in [-0.2, -0.15) is 0 Å². The van der Waals surface area contributed by atoms with Gasteiger partial charge >= 0.3 is 0 Å². The second kappa shape index (κ2) is 5.49. The van der Waals surface area contributed by atoms with Gasteiger partial charge in [-0.25, -0.2) is 9.97 Å². The number of methoxy groups -OCH3 is 1. The van der Waals surface area contributed by atoms with Crippen molar-refractivity contribution in [1.82, 2.24) is 9.97 Å². The molecule has 0 saturated carbocycles. The van der Waals surface area contributed by atoms with E-state index in [1.807, 2.05) is 20.0 Å². The Hall–Kier alpha value is -1.40. The molecule has 0 aromatic carbocycles. The molecule has 0 atom stereocenters. The summed E-state index contributed by atoms with van der Waals surface area (Å²) >= 11 is 3.47. The molecule has 0 radical (unpaired) electrons. The summed E-state index contributed by atoms with van der Waals surface area (Å²) in [5.41, 5.74) is 1.68. The van der Waals surface area contributed by atoms with E-state index in [9.17, 15) is 0 Å². The van der Waals surface area contributed by atoms with Crippen LogP contribution in [0.3, 0.4) is 0 Å². The smallest absolute Gasteiger partial charge is 0.165 e. The van der Waals surface area contributed by atoms with Crippen LogP contribution in [0.5, 0.6) is 0 Å². The first-order chi connectivity index (χ1) is 8.67. The Labute approximate surface area is 114 Å². The van der Waals surface area contributed by atoms with Crippen molar-refractivity contribution in [2.75, 3.05) is 19.5 Å². The normalized spacial score (nSPS) is 10.7. The van der Waals surface area contributed by atoms with Gasteiger partial charge in [0.05, 0.1) is 28.6 Å². The molecule has 1 N–H and O–H groups in total. The monoisotopic (exact) mass is 311 g/mol.